The third-order valence-corrected chi connectivity index (χ3v) is 6.10. The van der Waals surface area contributed by atoms with Gasteiger partial charge in [-0.25, -0.2) is 0 Å². The Labute approximate surface area is 212 Å². The molecule has 36 heavy (non-hydrogen) atoms. The maximum Gasteiger partial charge on any atom is 0.300 e. The summed E-state index contributed by atoms with van der Waals surface area (Å²) >= 11 is 6.17. The summed E-state index contributed by atoms with van der Waals surface area (Å²) in [6.07, 6.45) is 0. The van der Waals surface area contributed by atoms with E-state index in [0.29, 0.717) is 27.6 Å². The van der Waals surface area contributed by atoms with Crippen molar-refractivity contribution in [1.29, 1.82) is 5.26 Å². The van der Waals surface area contributed by atoms with Crippen molar-refractivity contribution in [1.82, 2.24) is 0 Å². The molecule has 1 aliphatic rings. The van der Waals surface area contributed by atoms with Crippen LogP contribution in [0.15, 0.2) is 66.2 Å². The molecule has 182 valence electrons. The lowest BCUT2D eigenvalue weighted by Crippen LogP contribution is -2.29. The standard InChI is InChI=1S/C27H21ClN2O6/c1-34-20-12-9-16(28)13-19(20)24(31)22-23(18-5-4-6-21(35-2)26(18)36-3)30(27(33)25(22)32)17-10-7-15(14-29)8-11-17/h4-13,23,31H,1-3H3/b24-22+. The molecule has 1 saturated heterocycles. The van der Waals surface area contributed by atoms with Gasteiger partial charge in [0.1, 0.15) is 11.5 Å². The summed E-state index contributed by atoms with van der Waals surface area (Å²) in [7, 11) is 4.32. The highest BCUT2D eigenvalue weighted by molar-refractivity contribution is 6.51. The lowest BCUT2D eigenvalue weighted by molar-refractivity contribution is -0.132. The van der Waals surface area contributed by atoms with Crippen molar-refractivity contribution in [3.8, 4) is 23.3 Å². The van der Waals surface area contributed by atoms with Gasteiger partial charge in [0.15, 0.2) is 11.5 Å². The number of carbonyl (C=O) groups excluding carboxylic acids is 2. The van der Waals surface area contributed by atoms with E-state index in [9.17, 15) is 20.0 Å². The van der Waals surface area contributed by atoms with Gasteiger partial charge in [-0.3, -0.25) is 14.5 Å². The van der Waals surface area contributed by atoms with Crippen LogP contribution in [0, 0.1) is 11.3 Å². The highest BCUT2D eigenvalue weighted by atomic mass is 35.5. The van der Waals surface area contributed by atoms with Crippen LogP contribution in [0.5, 0.6) is 17.2 Å². The van der Waals surface area contributed by atoms with Gasteiger partial charge >= 0.3 is 0 Å². The van der Waals surface area contributed by atoms with Gasteiger partial charge in [0.25, 0.3) is 11.7 Å². The summed E-state index contributed by atoms with van der Waals surface area (Å²) in [4.78, 5) is 28.1. The summed E-state index contributed by atoms with van der Waals surface area (Å²) in [5, 5.41) is 20.9. The fourth-order valence-electron chi connectivity index (χ4n) is 4.23. The monoisotopic (exact) mass is 504 g/mol. The fourth-order valence-corrected chi connectivity index (χ4v) is 4.40. The van der Waals surface area contributed by atoms with Crippen LogP contribution in [0.1, 0.15) is 22.7 Å². The first-order valence-electron chi connectivity index (χ1n) is 10.7. The van der Waals surface area contributed by atoms with Crippen molar-refractivity contribution in [3.63, 3.8) is 0 Å². The zero-order chi connectivity index (χ0) is 26.0. The van der Waals surface area contributed by atoms with Crippen molar-refractivity contribution in [3.05, 3.63) is 87.9 Å². The molecule has 0 aromatic heterocycles. The van der Waals surface area contributed by atoms with Crippen LogP contribution in [0.25, 0.3) is 5.76 Å². The van der Waals surface area contributed by atoms with Crippen molar-refractivity contribution in [2.45, 2.75) is 6.04 Å². The maximum atomic E-state index is 13.4. The predicted molar refractivity (Wildman–Crippen MR) is 133 cm³/mol. The number of carbonyl (C=O) groups is 2. The molecule has 1 aliphatic heterocycles. The molecule has 1 atom stereocenters. The normalized spacial score (nSPS) is 16.5. The molecule has 0 saturated carbocycles. The summed E-state index contributed by atoms with van der Waals surface area (Å²) in [5.41, 5.74) is 1.10. The van der Waals surface area contributed by atoms with Gasteiger partial charge in [-0.05, 0) is 48.5 Å². The zero-order valence-electron chi connectivity index (χ0n) is 19.6. The number of Topliss-reactive ketones (excluding diaryl/α,β-unsaturated/α-hetero) is 1. The topological polar surface area (TPSA) is 109 Å². The number of anilines is 1. The number of hydrogen-bond acceptors (Lipinski definition) is 7. The van der Waals surface area contributed by atoms with E-state index in [1.54, 1.807) is 42.5 Å². The smallest absolute Gasteiger partial charge is 0.300 e. The maximum absolute atomic E-state index is 13.4. The number of nitriles is 1. The van der Waals surface area contributed by atoms with E-state index < -0.39 is 23.5 Å². The third-order valence-electron chi connectivity index (χ3n) is 5.86. The lowest BCUT2D eigenvalue weighted by atomic mass is 9.93. The number of halogens is 1. The SMILES string of the molecule is COc1ccc(Cl)cc1/C(O)=C1\C(=O)C(=O)N(c2ccc(C#N)cc2)C1c1cccc(OC)c1OC. The van der Waals surface area contributed by atoms with Gasteiger partial charge in [0.2, 0.25) is 0 Å². The Balaban J connectivity index is 2.05. The van der Waals surface area contributed by atoms with E-state index in [-0.39, 0.29) is 22.6 Å². The number of benzene rings is 3. The summed E-state index contributed by atoms with van der Waals surface area (Å²) in [5.74, 6) is -1.31. The first-order valence-corrected chi connectivity index (χ1v) is 11.1. The largest absolute Gasteiger partial charge is 0.507 e. The molecular formula is C27H21ClN2O6. The Kier molecular flexibility index (Phi) is 6.86. The number of hydrogen-bond donors (Lipinski definition) is 1. The van der Waals surface area contributed by atoms with Gasteiger partial charge in [0, 0.05) is 16.3 Å². The van der Waals surface area contributed by atoms with Crippen LogP contribution in [-0.2, 0) is 9.59 Å². The minimum atomic E-state index is -1.09. The molecule has 9 heteroatoms. The third kappa shape index (κ3) is 4.10. The first kappa shape index (κ1) is 24.6. The molecular weight excluding hydrogens is 484 g/mol. The Hall–Kier alpha value is -4.48. The Bertz CT molecular complexity index is 1430. The average Bonchev–Trinajstić information content (AvgIpc) is 3.17. The number of aliphatic hydroxyl groups excluding tert-OH is 1. The lowest BCUT2D eigenvalue weighted by Gasteiger charge is -2.27. The Morgan fingerprint density at radius 2 is 1.67 bits per heavy atom. The Morgan fingerprint density at radius 1 is 0.972 bits per heavy atom. The van der Waals surface area contributed by atoms with Gasteiger partial charge in [-0.2, -0.15) is 5.26 Å². The van der Waals surface area contributed by atoms with E-state index in [4.69, 9.17) is 25.8 Å². The zero-order valence-corrected chi connectivity index (χ0v) is 20.4. The number of ketones is 1. The summed E-state index contributed by atoms with van der Waals surface area (Å²) < 4.78 is 16.4. The van der Waals surface area contributed by atoms with Crippen molar-refractivity contribution in [2.75, 3.05) is 26.2 Å². The van der Waals surface area contributed by atoms with Crippen LogP contribution in [0.2, 0.25) is 5.02 Å². The van der Waals surface area contributed by atoms with Crippen molar-refractivity contribution in [2.24, 2.45) is 0 Å². The van der Waals surface area contributed by atoms with Crippen LogP contribution in [0.3, 0.4) is 0 Å². The molecule has 3 aromatic rings. The summed E-state index contributed by atoms with van der Waals surface area (Å²) in [6.45, 7) is 0. The minimum Gasteiger partial charge on any atom is -0.507 e. The molecule has 0 bridgehead atoms. The van der Waals surface area contributed by atoms with Crippen LogP contribution in [-0.4, -0.2) is 38.1 Å². The number of para-hydroxylation sites is 1. The quantitative estimate of drug-likeness (QED) is 0.290. The molecule has 0 radical (unpaired) electrons. The molecule has 1 fully saturated rings. The molecule has 1 N–H and O–H groups in total. The van der Waals surface area contributed by atoms with Gasteiger partial charge in [-0.1, -0.05) is 23.7 Å². The second kappa shape index (κ2) is 10.0. The average molecular weight is 505 g/mol. The molecule has 1 unspecified atom stereocenters. The van der Waals surface area contributed by atoms with E-state index in [2.05, 4.69) is 0 Å². The van der Waals surface area contributed by atoms with E-state index in [1.165, 1.54) is 44.4 Å². The van der Waals surface area contributed by atoms with E-state index >= 15 is 0 Å². The molecule has 4 rings (SSSR count). The number of rotatable bonds is 6. The second-order valence-corrected chi connectivity index (χ2v) is 8.19. The number of aliphatic hydroxyl groups is 1. The van der Waals surface area contributed by atoms with Crippen molar-refractivity contribution >= 4 is 34.7 Å². The van der Waals surface area contributed by atoms with Gasteiger partial charge < -0.3 is 19.3 Å². The molecule has 8 nitrogen and oxygen atoms in total. The second-order valence-electron chi connectivity index (χ2n) is 7.76. The highest BCUT2D eigenvalue weighted by Gasteiger charge is 2.48. The summed E-state index contributed by atoms with van der Waals surface area (Å²) in [6, 6.07) is 16.7. The molecule has 3 aromatic carbocycles. The molecule has 0 spiro atoms. The fraction of sp³-hybridized carbons (Fsp3) is 0.148. The highest BCUT2D eigenvalue weighted by Crippen LogP contribution is 2.48. The van der Waals surface area contributed by atoms with Crippen molar-refractivity contribution < 1.29 is 28.9 Å². The van der Waals surface area contributed by atoms with Gasteiger partial charge in [-0.15, -0.1) is 0 Å². The Morgan fingerprint density at radius 3 is 2.28 bits per heavy atom. The predicted octanol–water partition coefficient (Wildman–Crippen LogP) is 4.86. The number of nitrogens with zero attached hydrogens (tertiary/aromatic N) is 2. The van der Waals surface area contributed by atoms with Gasteiger partial charge in [0.05, 0.1) is 50.1 Å². The molecule has 1 amide bonds. The van der Waals surface area contributed by atoms with Crippen LogP contribution < -0.4 is 19.1 Å². The van der Waals surface area contributed by atoms with Crippen LogP contribution >= 0.6 is 11.6 Å². The minimum absolute atomic E-state index is 0.148. The van der Waals surface area contributed by atoms with E-state index in [1.807, 2.05) is 6.07 Å². The van der Waals surface area contributed by atoms with E-state index in [0.717, 1.165) is 0 Å². The first-order chi connectivity index (χ1) is 17.4. The number of methoxy groups -OCH3 is 3. The molecule has 1 heterocycles. The number of amides is 1. The number of ether oxygens (including phenoxy) is 3. The van der Waals surface area contributed by atoms with Crippen LogP contribution in [0.4, 0.5) is 5.69 Å². The molecule has 0 aliphatic carbocycles.